The molecule has 0 fully saturated rings. The zero-order valence-electron chi connectivity index (χ0n) is 7.04. The first-order chi connectivity index (χ1) is 5.90. The molecule has 0 bridgehead atoms. The number of H-pyrrole nitrogens is 1. The second-order valence-corrected chi connectivity index (χ2v) is 2.86. The molecule has 12 heavy (non-hydrogen) atoms. The maximum absolute atomic E-state index is 4.07. The van der Waals surface area contributed by atoms with Gasteiger partial charge in [0.25, 0.3) is 0 Å². The van der Waals surface area contributed by atoms with Crippen molar-refractivity contribution in [3.05, 3.63) is 36.0 Å². The third kappa shape index (κ3) is 1.21. The van der Waals surface area contributed by atoms with Gasteiger partial charge >= 0.3 is 0 Å². The van der Waals surface area contributed by atoms with Gasteiger partial charge in [0.15, 0.2) is 0 Å². The maximum atomic E-state index is 4.07. The summed E-state index contributed by atoms with van der Waals surface area (Å²) in [6, 6.07) is 10.4. The van der Waals surface area contributed by atoms with Crippen LogP contribution >= 0.6 is 0 Å². The number of benzene rings is 1. The van der Waals surface area contributed by atoms with Crippen molar-refractivity contribution in [3.63, 3.8) is 0 Å². The van der Waals surface area contributed by atoms with E-state index >= 15 is 0 Å². The van der Waals surface area contributed by atoms with Gasteiger partial charge < -0.3 is 4.98 Å². The third-order valence-corrected chi connectivity index (χ3v) is 1.91. The Balaban J connectivity index is 2.47. The standard InChI is InChI=1S/C10H11N2/c1-11-7-9-6-8-4-2-3-5-10(8)12-9/h2-6,12H,7H2,1H3. The highest BCUT2D eigenvalue weighted by Gasteiger charge is 1.97. The van der Waals surface area contributed by atoms with Gasteiger partial charge in [0.1, 0.15) is 0 Å². The number of fused-ring (bicyclic) bond motifs is 1. The van der Waals surface area contributed by atoms with E-state index in [0.29, 0.717) is 0 Å². The Bertz CT molecular complexity index is 343. The van der Waals surface area contributed by atoms with Crippen LogP contribution in [0.5, 0.6) is 0 Å². The Morgan fingerprint density at radius 3 is 2.92 bits per heavy atom. The molecule has 0 aliphatic rings. The molecule has 61 valence electrons. The number of nitrogens with zero attached hydrogens (tertiary/aromatic N) is 1. The Morgan fingerprint density at radius 1 is 1.33 bits per heavy atom. The lowest BCUT2D eigenvalue weighted by atomic mass is 10.2. The summed E-state index contributed by atoms with van der Waals surface area (Å²) in [7, 11) is 1.82. The molecule has 2 heteroatoms. The van der Waals surface area contributed by atoms with Gasteiger partial charge in [-0.2, -0.15) is 0 Å². The zero-order valence-corrected chi connectivity index (χ0v) is 7.04. The number of rotatable bonds is 2. The second kappa shape index (κ2) is 2.99. The third-order valence-electron chi connectivity index (χ3n) is 1.91. The summed E-state index contributed by atoms with van der Waals surface area (Å²) >= 11 is 0. The van der Waals surface area contributed by atoms with E-state index < -0.39 is 0 Å². The van der Waals surface area contributed by atoms with Crippen molar-refractivity contribution in [1.82, 2.24) is 10.3 Å². The van der Waals surface area contributed by atoms with Crippen LogP contribution in [0, 0.1) is 0 Å². The van der Waals surface area contributed by atoms with E-state index in [1.54, 1.807) is 0 Å². The fourth-order valence-electron chi connectivity index (χ4n) is 1.39. The Labute approximate surface area is 71.6 Å². The van der Waals surface area contributed by atoms with Crippen LogP contribution < -0.4 is 5.32 Å². The summed E-state index contributed by atoms with van der Waals surface area (Å²) in [6.07, 6.45) is 0. The summed E-state index contributed by atoms with van der Waals surface area (Å²) in [6.45, 7) is 0.773. The number of hydrogen-bond acceptors (Lipinski definition) is 0. The van der Waals surface area contributed by atoms with E-state index in [9.17, 15) is 0 Å². The van der Waals surface area contributed by atoms with Crippen LogP contribution in [0.4, 0.5) is 0 Å². The molecule has 2 nitrogen and oxygen atoms in total. The molecule has 2 aromatic rings. The molecule has 1 heterocycles. The summed E-state index contributed by atoms with van der Waals surface area (Å²) in [4.78, 5) is 3.30. The van der Waals surface area contributed by atoms with E-state index in [2.05, 4.69) is 28.5 Å². The molecule has 0 amide bonds. The van der Waals surface area contributed by atoms with Gasteiger partial charge in [-0.1, -0.05) is 18.2 Å². The Morgan fingerprint density at radius 2 is 2.17 bits per heavy atom. The lowest BCUT2D eigenvalue weighted by Crippen LogP contribution is -1.96. The minimum Gasteiger partial charge on any atom is -0.357 e. The average molecular weight is 159 g/mol. The number of hydrogen-bond donors (Lipinski definition) is 1. The Hall–Kier alpha value is -1.28. The summed E-state index contributed by atoms with van der Waals surface area (Å²) < 4.78 is 0. The van der Waals surface area contributed by atoms with Gasteiger partial charge in [0.05, 0.1) is 6.54 Å². The average Bonchev–Trinajstić information content (AvgIpc) is 2.47. The topological polar surface area (TPSA) is 29.9 Å². The summed E-state index contributed by atoms with van der Waals surface area (Å²) in [5.74, 6) is 0. The van der Waals surface area contributed by atoms with E-state index in [-0.39, 0.29) is 0 Å². The first kappa shape index (κ1) is 7.37. The van der Waals surface area contributed by atoms with Gasteiger partial charge in [0.2, 0.25) is 0 Å². The van der Waals surface area contributed by atoms with Crippen LogP contribution in [0.25, 0.3) is 10.9 Å². The maximum Gasteiger partial charge on any atom is 0.0532 e. The molecule has 1 aromatic carbocycles. The predicted molar refractivity (Wildman–Crippen MR) is 50.1 cm³/mol. The minimum atomic E-state index is 0.773. The van der Waals surface area contributed by atoms with Crippen molar-refractivity contribution in [3.8, 4) is 0 Å². The number of para-hydroxylation sites is 1. The lowest BCUT2D eigenvalue weighted by Gasteiger charge is -1.89. The van der Waals surface area contributed by atoms with Crippen LogP contribution in [0.3, 0.4) is 0 Å². The van der Waals surface area contributed by atoms with Crippen molar-refractivity contribution >= 4 is 10.9 Å². The van der Waals surface area contributed by atoms with Gasteiger partial charge in [0, 0.05) is 18.3 Å². The minimum absolute atomic E-state index is 0.773. The molecule has 0 saturated heterocycles. The highest BCUT2D eigenvalue weighted by atomic mass is 14.9. The molecule has 0 unspecified atom stereocenters. The summed E-state index contributed by atoms with van der Waals surface area (Å²) in [5.41, 5.74) is 2.37. The van der Waals surface area contributed by atoms with Gasteiger partial charge in [-0.25, -0.2) is 5.32 Å². The molecule has 0 aliphatic carbocycles. The zero-order chi connectivity index (χ0) is 8.39. The molecule has 1 radical (unpaired) electrons. The second-order valence-electron chi connectivity index (χ2n) is 2.86. The van der Waals surface area contributed by atoms with Crippen LogP contribution in [0.2, 0.25) is 0 Å². The Kier molecular flexibility index (Phi) is 1.84. The van der Waals surface area contributed by atoms with E-state index in [0.717, 1.165) is 6.54 Å². The molecule has 0 atom stereocenters. The van der Waals surface area contributed by atoms with Crippen molar-refractivity contribution < 1.29 is 0 Å². The molecular formula is C10H11N2. The van der Waals surface area contributed by atoms with Crippen molar-refractivity contribution in [2.75, 3.05) is 7.05 Å². The van der Waals surface area contributed by atoms with Crippen molar-refractivity contribution in [1.29, 1.82) is 0 Å². The molecular weight excluding hydrogens is 148 g/mol. The monoisotopic (exact) mass is 159 g/mol. The fraction of sp³-hybridized carbons (Fsp3) is 0.200. The molecule has 2 rings (SSSR count). The van der Waals surface area contributed by atoms with E-state index in [4.69, 9.17) is 0 Å². The van der Waals surface area contributed by atoms with Crippen LogP contribution in [0.15, 0.2) is 30.3 Å². The molecule has 1 N–H and O–H groups in total. The SMILES string of the molecule is C[N]Cc1cc2ccccc2[nH]1. The molecule has 0 spiro atoms. The predicted octanol–water partition coefficient (Wildman–Crippen LogP) is 1.90. The fourth-order valence-corrected chi connectivity index (χ4v) is 1.39. The summed E-state index contributed by atoms with van der Waals surface area (Å²) in [5, 5.41) is 5.33. The van der Waals surface area contributed by atoms with Crippen molar-refractivity contribution in [2.45, 2.75) is 6.54 Å². The number of aromatic nitrogens is 1. The van der Waals surface area contributed by atoms with Gasteiger partial charge in [-0.15, -0.1) is 0 Å². The molecule has 0 aliphatic heterocycles. The van der Waals surface area contributed by atoms with E-state index in [1.165, 1.54) is 16.6 Å². The molecule has 0 saturated carbocycles. The highest BCUT2D eigenvalue weighted by molar-refractivity contribution is 5.80. The molecule has 1 aromatic heterocycles. The number of aromatic amines is 1. The van der Waals surface area contributed by atoms with E-state index in [1.807, 2.05) is 19.2 Å². The normalized spacial score (nSPS) is 10.8. The van der Waals surface area contributed by atoms with Crippen molar-refractivity contribution in [2.24, 2.45) is 0 Å². The first-order valence-corrected chi connectivity index (χ1v) is 4.02. The van der Waals surface area contributed by atoms with Crippen LogP contribution in [0.1, 0.15) is 5.69 Å². The van der Waals surface area contributed by atoms with Gasteiger partial charge in [-0.05, 0) is 17.5 Å². The lowest BCUT2D eigenvalue weighted by molar-refractivity contribution is 0.783. The first-order valence-electron chi connectivity index (χ1n) is 4.02. The quantitative estimate of drug-likeness (QED) is 0.693. The highest BCUT2D eigenvalue weighted by Crippen LogP contribution is 2.14. The number of nitrogens with one attached hydrogen (secondary N) is 1. The smallest absolute Gasteiger partial charge is 0.0532 e. The van der Waals surface area contributed by atoms with Crippen LogP contribution in [-0.2, 0) is 6.54 Å². The van der Waals surface area contributed by atoms with Crippen LogP contribution in [-0.4, -0.2) is 12.0 Å². The largest absolute Gasteiger partial charge is 0.357 e. The van der Waals surface area contributed by atoms with Gasteiger partial charge in [-0.3, -0.25) is 0 Å².